The van der Waals surface area contributed by atoms with Gasteiger partial charge in [0.15, 0.2) is 0 Å². The van der Waals surface area contributed by atoms with E-state index in [4.69, 9.17) is 10.00 Å². The van der Waals surface area contributed by atoms with Gasteiger partial charge in [0, 0.05) is 7.05 Å². The minimum Gasteiger partial charge on any atom is -0.487 e. The predicted molar refractivity (Wildman–Crippen MR) is 63.3 cm³/mol. The molecule has 2 aromatic rings. The van der Waals surface area contributed by atoms with Gasteiger partial charge < -0.3 is 9.30 Å². The van der Waals surface area contributed by atoms with E-state index in [0.29, 0.717) is 13.0 Å². The molecule has 0 aliphatic heterocycles. The number of ether oxygens (including phenoxy) is 1. The Morgan fingerprint density at radius 2 is 2.12 bits per heavy atom. The number of aromatic nitrogens is 2. The number of nitrogens with zero attached hydrogens (tertiary/aromatic N) is 3. The number of hydrogen-bond donors (Lipinski definition) is 0. The second-order valence-electron chi connectivity index (χ2n) is 3.76. The molecule has 0 bridgehead atoms. The first-order valence-electron chi connectivity index (χ1n) is 5.33. The molecule has 0 unspecified atom stereocenters. The summed E-state index contributed by atoms with van der Waals surface area (Å²) in [5.41, 5.74) is 2.02. The van der Waals surface area contributed by atoms with Crippen LogP contribution in [0.5, 0.6) is 5.75 Å². The molecule has 0 radical (unpaired) electrons. The maximum atomic E-state index is 8.56. The third-order valence-corrected chi connectivity index (χ3v) is 2.51. The van der Waals surface area contributed by atoms with Crippen LogP contribution >= 0.6 is 0 Å². The van der Waals surface area contributed by atoms with Crippen molar-refractivity contribution >= 4 is 0 Å². The Labute approximate surface area is 100 Å². The third-order valence-electron chi connectivity index (χ3n) is 2.51. The molecule has 2 rings (SSSR count). The van der Waals surface area contributed by atoms with E-state index in [2.05, 4.69) is 11.1 Å². The summed E-state index contributed by atoms with van der Waals surface area (Å²) in [7, 11) is 1.93. The summed E-state index contributed by atoms with van der Waals surface area (Å²) >= 11 is 0. The fourth-order valence-electron chi connectivity index (χ4n) is 1.48. The smallest absolute Gasteiger partial charge is 0.130 e. The molecule has 0 N–H and O–H groups in total. The lowest BCUT2D eigenvalue weighted by Gasteiger charge is -2.06. The Morgan fingerprint density at radius 3 is 2.71 bits per heavy atom. The van der Waals surface area contributed by atoms with Crippen molar-refractivity contribution in [2.75, 3.05) is 0 Å². The lowest BCUT2D eigenvalue weighted by molar-refractivity contribution is 0.297. The van der Waals surface area contributed by atoms with Crippen LogP contribution in [0.2, 0.25) is 0 Å². The van der Waals surface area contributed by atoms with Crippen LogP contribution in [0, 0.1) is 11.3 Å². The summed E-state index contributed by atoms with van der Waals surface area (Å²) < 4.78 is 7.54. The van der Waals surface area contributed by atoms with Crippen LogP contribution in [0.15, 0.2) is 36.8 Å². The average molecular weight is 227 g/mol. The van der Waals surface area contributed by atoms with E-state index in [9.17, 15) is 0 Å². The largest absolute Gasteiger partial charge is 0.487 e. The van der Waals surface area contributed by atoms with Crippen molar-refractivity contribution in [1.29, 1.82) is 5.26 Å². The first kappa shape index (κ1) is 11.2. The number of hydrogen-bond acceptors (Lipinski definition) is 3. The topological polar surface area (TPSA) is 50.8 Å². The number of benzene rings is 1. The second kappa shape index (κ2) is 5.17. The molecule has 86 valence electrons. The lowest BCUT2D eigenvalue weighted by atomic mass is 10.2. The Balaban J connectivity index is 1.96. The van der Waals surface area contributed by atoms with E-state index >= 15 is 0 Å². The van der Waals surface area contributed by atoms with Gasteiger partial charge in [-0.05, 0) is 17.7 Å². The van der Waals surface area contributed by atoms with E-state index in [0.717, 1.165) is 17.0 Å². The van der Waals surface area contributed by atoms with Gasteiger partial charge in [-0.1, -0.05) is 12.1 Å². The summed E-state index contributed by atoms with van der Waals surface area (Å²) in [6, 6.07) is 9.68. The first-order valence-corrected chi connectivity index (χ1v) is 5.33. The minimum absolute atomic E-state index is 0.433. The molecule has 0 fully saturated rings. The summed E-state index contributed by atoms with van der Waals surface area (Å²) in [6.45, 7) is 0.494. The molecular weight excluding hydrogens is 214 g/mol. The van der Waals surface area contributed by atoms with Gasteiger partial charge in [0.25, 0.3) is 0 Å². The molecule has 0 spiro atoms. The van der Waals surface area contributed by atoms with Gasteiger partial charge in [0.1, 0.15) is 12.4 Å². The van der Waals surface area contributed by atoms with Crippen LogP contribution in [-0.4, -0.2) is 9.55 Å². The lowest BCUT2D eigenvalue weighted by Crippen LogP contribution is -2.01. The number of imidazole rings is 1. The highest BCUT2D eigenvalue weighted by Gasteiger charge is 2.00. The molecule has 1 aromatic carbocycles. The van der Waals surface area contributed by atoms with Gasteiger partial charge in [0.05, 0.1) is 30.7 Å². The Bertz CT molecular complexity index is 522. The highest BCUT2D eigenvalue weighted by atomic mass is 16.5. The van der Waals surface area contributed by atoms with Crippen molar-refractivity contribution in [3.05, 3.63) is 48.0 Å². The monoisotopic (exact) mass is 227 g/mol. The van der Waals surface area contributed by atoms with Crippen LogP contribution in [0.4, 0.5) is 0 Å². The van der Waals surface area contributed by atoms with Gasteiger partial charge in [0.2, 0.25) is 0 Å². The second-order valence-corrected chi connectivity index (χ2v) is 3.76. The fraction of sp³-hybridized carbons (Fsp3) is 0.231. The molecule has 1 aromatic heterocycles. The minimum atomic E-state index is 0.433. The highest BCUT2D eigenvalue weighted by Crippen LogP contribution is 2.14. The summed E-state index contributed by atoms with van der Waals surface area (Å²) in [5, 5.41) is 8.56. The standard InChI is InChI=1S/C13H13N3O/c1-16-10-15-8-12(16)9-17-13-4-2-11(3-5-13)6-7-14/h2-5,8,10H,6,9H2,1H3. The molecule has 0 amide bonds. The third kappa shape index (κ3) is 2.85. The van der Waals surface area contributed by atoms with Crippen molar-refractivity contribution in [2.45, 2.75) is 13.0 Å². The zero-order chi connectivity index (χ0) is 12.1. The van der Waals surface area contributed by atoms with Crippen LogP contribution in [-0.2, 0) is 20.1 Å². The number of aryl methyl sites for hydroxylation is 1. The van der Waals surface area contributed by atoms with Gasteiger partial charge in [-0.3, -0.25) is 0 Å². The maximum absolute atomic E-state index is 8.56. The van der Waals surface area contributed by atoms with E-state index in [1.807, 2.05) is 35.9 Å². The molecule has 17 heavy (non-hydrogen) atoms. The summed E-state index contributed by atoms with van der Waals surface area (Å²) in [5.74, 6) is 0.799. The van der Waals surface area contributed by atoms with Gasteiger partial charge in [-0.15, -0.1) is 0 Å². The first-order chi connectivity index (χ1) is 8.29. The van der Waals surface area contributed by atoms with Gasteiger partial charge in [-0.25, -0.2) is 4.98 Å². The zero-order valence-corrected chi connectivity index (χ0v) is 9.63. The van der Waals surface area contributed by atoms with Crippen molar-refractivity contribution in [1.82, 2.24) is 9.55 Å². The molecule has 0 aliphatic rings. The van der Waals surface area contributed by atoms with E-state index in [1.165, 1.54) is 0 Å². The highest BCUT2D eigenvalue weighted by molar-refractivity contribution is 5.28. The SMILES string of the molecule is Cn1cncc1COc1ccc(CC#N)cc1. The summed E-state index contributed by atoms with van der Waals surface area (Å²) in [4.78, 5) is 4.02. The Morgan fingerprint density at radius 1 is 1.35 bits per heavy atom. The maximum Gasteiger partial charge on any atom is 0.130 e. The quantitative estimate of drug-likeness (QED) is 0.803. The molecule has 4 nitrogen and oxygen atoms in total. The Kier molecular flexibility index (Phi) is 3.41. The molecule has 1 heterocycles. The van der Waals surface area contributed by atoms with E-state index < -0.39 is 0 Å². The van der Waals surface area contributed by atoms with Crippen molar-refractivity contribution < 1.29 is 4.74 Å². The predicted octanol–water partition coefficient (Wildman–Crippen LogP) is 2.07. The van der Waals surface area contributed by atoms with Gasteiger partial charge >= 0.3 is 0 Å². The average Bonchev–Trinajstić information content (AvgIpc) is 2.75. The Hall–Kier alpha value is -2.28. The normalized spacial score (nSPS) is 9.88. The van der Waals surface area contributed by atoms with Crippen LogP contribution in [0.1, 0.15) is 11.3 Å². The van der Waals surface area contributed by atoms with Crippen molar-refractivity contribution in [3.8, 4) is 11.8 Å². The van der Waals surface area contributed by atoms with Gasteiger partial charge in [-0.2, -0.15) is 5.26 Å². The van der Waals surface area contributed by atoms with E-state index in [-0.39, 0.29) is 0 Å². The molecule has 0 saturated heterocycles. The molecular formula is C13H13N3O. The number of rotatable bonds is 4. The van der Waals surface area contributed by atoms with Crippen LogP contribution < -0.4 is 4.74 Å². The van der Waals surface area contributed by atoms with Crippen LogP contribution in [0.25, 0.3) is 0 Å². The molecule has 0 atom stereocenters. The zero-order valence-electron chi connectivity index (χ0n) is 9.63. The summed E-state index contributed by atoms with van der Waals surface area (Å²) in [6.07, 6.45) is 3.96. The van der Waals surface area contributed by atoms with Crippen molar-refractivity contribution in [3.63, 3.8) is 0 Å². The fourth-order valence-corrected chi connectivity index (χ4v) is 1.48. The number of nitriles is 1. The molecule has 4 heteroatoms. The van der Waals surface area contributed by atoms with E-state index in [1.54, 1.807) is 12.5 Å². The molecule has 0 aliphatic carbocycles. The molecule has 0 saturated carbocycles. The van der Waals surface area contributed by atoms with Crippen LogP contribution in [0.3, 0.4) is 0 Å². The van der Waals surface area contributed by atoms with Crippen molar-refractivity contribution in [2.24, 2.45) is 7.05 Å².